The number of aliphatic hydroxyl groups excluding tert-OH is 1. The van der Waals surface area contributed by atoms with Crippen LogP contribution in [-0.4, -0.2) is 58.5 Å². The van der Waals surface area contributed by atoms with Gasteiger partial charge in [-0.15, -0.1) is 0 Å². The second-order valence-corrected chi connectivity index (χ2v) is 6.25. The second-order valence-electron chi connectivity index (χ2n) is 6.25. The fourth-order valence-corrected chi connectivity index (χ4v) is 2.86. The molecule has 134 valence electrons. The third kappa shape index (κ3) is 4.64. The summed E-state index contributed by atoms with van der Waals surface area (Å²) in [5.74, 6) is 1.13. The summed E-state index contributed by atoms with van der Waals surface area (Å²) in [4.78, 5) is 18.3. The molecule has 0 bridgehead atoms. The number of nitrogens with zero attached hydrogens (tertiary/aromatic N) is 3. The van der Waals surface area contributed by atoms with Gasteiger partial charge in [0.05, 0.1) is 19.3 Å². The molecule has 1 aromatic heterocycles. The third-order valence-electron chi connectivity index (χ3n) is 4.23. The summed E-state index contributed by atoms with van der Waals surface area (Å²) in [5, 5.41) is 13.7. The van der Waals surface area contributed by atoms with Gasteiger partial charge in [-0.05, 0) is 18.9 Å². The van der Waals surface area contributed by atoms with Crippen molar-refractivity contribution in [1.29, 1.82) is 0 Å². The van der Waals surface area contributed by atoms with Crippen LogP contribution in [0.2, 0.25) is 0 Å². The van der Waals surface area contributed by atoms with Gasteiger partial charge in [-0.25, -0.2) is 0 Å². The topological polar surface area (TPSA) is 88.7 Å². The van der Waals surface area contributed by atoms with Gasteiger partial charge in [-0.3, -0.25) is 4.79 Å². The summed E-state index contributed by atoms with van der Waals surface area (Å²) in [6, 6.07) is 7.87. The zero-order chi connectivity index (χ0) is 17.6. The molecule has 1 aliphatic heterocycles. The fraction of sp³-hybridized carbons (Fsp3) is 0.500. The summed E-state index contributed by atoms with van der Waals surface area (Å²) in [7, 11) is 0. The zero-order valence-corrected chi connectivity index (χ0v) is 14.4. The van der Waals surface area contributed by atoms with Gasteiger partial charge in [-0.2, -0.15) is 4.98 Å². The Kier molecular flexibility index (Phi) is 5.78. The molecule has 3 rings (SSSR count). The van der Waals surface area contributed by atoms with Crippen LogP contribution in [0.1, 0.15) is 24.3 Å². The molecule has 25 heavy (non-hydrogen) atoms. The van der Waals surface area contributed by atoms with Crippen LogP contribution in [0.5, 0.6) is 0 Å². The molecule has 0 aliphatic carbocycles. The van der Waals surface area contributed by atoms with Gasteiger partial charge >= 0.3 is 0 Å². The summed E-state index contributed by atoms with van der Waals surface area (Å²) in [6.07, 6.45) is 0.952. The van der Waals surface area contributed by atoms with E-state index in [0.29, 0.717) is 50.7 Å². The fourth-order valence-electron chi connectivity index (χ4n) is 2.86. The molecule has 0 radical (unpaired) electrons. The van der Waals surface area contributed by atoms with Crippen LogP contribution >= 0.6 is 0 Å². The summed E-state index contributed by atoms with van der Waals surface area (Å²) in [6.45, 7) is 3.60. The van der Waals surface area contributed by atoms with Crippen LogP contribution in [-0.2, 0) is 16.0 Å². The van der Waals surface area contributed by atoms with Gasteiger partial charge in [0.2, 0.25) is 17.6 Å². The minimum atomic E-state index is -0.612. The van der Waals surface area contributed by atoms with Crippen molar-refractivity contribution < 1.29 is 19.2 Å². The molecule has 7 heteroatoms. The highest BCUT2D eigenvalue weighted by molar-refractivity contribution is 5.76. The molecule has 1 amide bonds. The second kappa shape index (κ2) is 8.22. The Morgan fingerprint density at radius 1 is 1.40 bits per heavy atom. The van der Waals surface area contributed by atoms with Crippen LogP contribution in [0.4, 0.5) is 0 Å². The van der Waals surface area contributed by atoms with Gasteiger partial charge in [0.25, 0.3) is 0 Å². The molecule has 1 N–H and O–H groups in total. The van der Waals surface area contributed by atoms with E-state index in [-0.39, 0.29) is 12.5 Å². The first-order chi connectivity index (χ1) is 12.1. The standard InChI is InChI=1S/C18H23N3O4/c1-13-5-2-3-6-15(13)18-19-16(25-20-18)7-4-8-17(23)21-9-10-24-12-14(22)11-21/h2-3,5-6,14,22H,4,7-12H2,1H3/t14-/m0/s1. The Hall–Kier alpha value is -2.25. The lowest BCUT2D eigenvalue weighted by atomic mass is 10.1. The van der Waals surface area contributed by atoms with Crippen molar-refractivity contribution in [3.8, 4) is 11.4 Å². The van der Waals surface area contributed by atoms with E-state index < -0.39 is 6.10 Å². The van der Waals surface area contributed by atoms with Crippen molar-refractivity contribution in [3.63, 3.8) is 0 Å². The van der Waals surface area contributed by atoms with Crippen LogP contribution in [0.15, 0.2) is 28.8 Å². The van der Waals surface area contributed by atoms with Crippen molar-refractivity contribution in [1.82, 2.24) is 15.0 Å². The molecule has 1 atom stereocenters. The Balaban J connectivity index is 1.51. The van der Waals surface area contributed by atoms with E-state index in [0.717, 1.165) is 11.1 Å². The van der Waals surface area contributed by atoms with E-state index in [2.05, 4.69) is 10.1 Å². The average molecular weight is 345 g/mol. The normalized spacial score (nSPS) is 18.2. The Bertz CT molecular complexity index is 716. The van der Waals surface area contributed by atoms with Gasteiger partial charge in [0.1, 0.15) is 0 Å². The highest BCUT2D eigenvalue weighted by Gasteiger charge is 2.20. The zero-order valence-electron chi connectivity index (χ0n) is 14.4. The maximum Gasteiger partial charge on any atom is 0.226 e. The van der Waals surface area contributed by atoms with Gasteiger partial charge in [0, 0.05) is 31.5 Å². The number of rotatable bonds is 5. The van der Waals surface area contributed by atoms with Crippen molar-refractivity contribution in [2.24, 2.45) is 0 Å². The highest BCUT2D eigenvalue weighted by atomic mass is 16.5. The Morgan fingerprint density at radius 2 is 2.24 bits per heavy atom. The molecule has 2 aromatic rings. The number of aromatic nitrogens is 2. The minimum Gasteiger partial charge on any atom is -0.389 e. The maximum absolute atomic E-state index is 12.3. The van der Waals surface area contributed by atoms with E-state index in [1.54, 1.807) is 4.90 Å². The van der Waals surface area contributed by atoms with Crippen molar-refractivity contribution in [2.75, 3.05) is 26.3 Å². The number of amides is 1. The number of aliphatic hydroxyl groups is 1. The lowest BCUT2D eigenvalue weighted by Crippen LogP contribution is -2.37. The highest BCUT2D eigenvalue weighted by Crippen LogP contribution is 2.20. The van der Waals surface area contributed by atoms with Gasteiger partial charge in [0.15, 0.2) is 0 Å². The molecule has 1 aromatic carbocycles. The van der Waals surface area contributed by atoms with Crippen LogP contribution in [0, 0.1) is 6.92 Å². The van der Waals surface area contributed by atoms with E-state index >= 15 is 0 Å². The number of hydrogen-bond acceptors (Lipinski definition) is 6. The summed E-state index contributed by atoms with van der Waals surface area (Å²) in [5.41, 5.74) is 2.04. The van der Waals surface area contributed by atoms with E-state index in [1.165, 1.54) is 0 Å². The number of hydrogen-bond donors (Lipinski definition) is 1. The lowest BCUT2D eigenvalue weighted by Gasteiger charge is -2.21. The van der Waals surface area contributed by atoms with E-state index in [1.807, 2.05) is 31.2 Å². The first-order valence-electron chi connectivity index (χ1n) is 8.55. The smallest absolute Gasteiger partial charge is 0.226 e. The molecule has 1 aliphatic rings. The predicted octanol–water partition coefficient (Wildman–Crippen LogP) is 1.59. The van der Waals surface area contributed by atoms with Crippen molar-refractivity contribution in [2.45, 2.75) is 32.3 Å². The SMILES string of the molecule is Cc1ccccc1-c1noc(CCCC(=O)N2CCOC[C@@H](O)C2)n1. The molecule has 0 spiro atoms. The molecular formula is C18H23N3O4. The molecule has 0 saturated carbocycles. The third-order valence-corrected chi connectivity index (χ3v) is 4.23. The molecule has 2 heterocycles. The van der Waals surface area contributed by atoms with Crippen LogP contribution in [0.3, 0.4) is 0 Å². The molecule has 7 nitrogen and oxygen atoms in total. The number of carbonyl (C=O) groups excluding carboxylic acids is 1. The largest absolute Gasteiger partial charge is 0.389 e. The quantitative estimate of drug-likeness (QED) is 0.885. The Labute approximate surface area is 146 Å². The number of β-amino-alcohol motifs (C(OH)–C–C–N with tert-alkyl or cyclic N) is 1. The van der Waals surface area contributed by atoms with Gasteiger partial charge in [-0.1, -0.05) is 29.4 Å². The maximum atomic E-state index is 12.3. The monoisotopic (exact) mass is 345 g/mol. The predicted molar refractivity (Wildman–Crippen MR) is 90.8 cm³/mol. The van der Waals surface area contributed by atoms with Gasteiger partial charge < -0.3 is 19.3 Å². The van der Waals surface area contributed by atoms with Crippen LogP contribution < -0.4 is 0 Å². The lowest BCUT2D eigenvalue weighted by molar-refractivity contribution is -0.132. The van der Waals surface area contributed by atoms with E-state index in [9.17, 15) is 9.90 Å². The summed E-state index contributed by atoms with van der Waals surface area (Å²) < 4.78 is 10.5. The number of aryl methyl sites for hydroxylation is 2. The Morgan fingerprint density at radius 3 is 3.08 bits per heavy atom. The number of carbonyl (C=O) groups is 1. The van der Waals surface area contributed by atoms with Crippen molar-refractivity contribution in [3.05, 3.63) is 35.7 Å². The molecule has 1 fully saturated rings. The number of benzene rings is 1. The average Bonchev–Trinajstić information content (AvgIpc) is 2.95. The van der Waals surface area contributed by atoms with Crippen LogP contribution in [0.25, 0.3) is 11.4 Å². The molecular weight excluding hydrogens is 322 g/mol. The summed E-state index contributed by atoms with van der Waals surface area (Å²) >= 11 is 0. The first kappa shape index (κ1) is 17.6. The molecule has 0 unspecified atom stereocenters. The minimum absolute atomic E-state index is 0.0168. The first-order valence-corrected chi connectivity index (χ1v) is 8.55. The number of ether oxygens (including phenoxy) is 1. The molecule has 1 saturated heterocycles. The van der Waals surface area contributed by atoms with Crippen molar-refractivity contribution >= 4 is 5.91 Å². The van der Waals surface area contributed by atoms with E-state index in [4.69, 9.17) is 9.26 Å².